The summed E-state index contributed by atoms with van der Waals surface area (Å²) in [6.07, 6.45) is 7.89. The van der Waals surface area contributed by atoms with Crippen molar-refractivity contribution in [2.45, 2.75) is 64.4 Å². The Morgan fingerprint density at radius 2 is 1.75 bits per heavy atom. The molecule has 2 N–H and O–H groups in total. The average molecular weight is 430 g/mol. The summed E-state index contributed by atoms with van der Waals surface area (Å²) in [4.78, 5) is 11.7. The number of hydrogen-bond acceptors (Lipinski definition) is 2. The molecule has 2 aliphatic rings. The van der Waals surface area contributed by atoms with Gasteiger partial charge in [0.25, 0.3) is 0 Å². The van der Waals surface area contributed by atoms with Crippen LogP contribution in [0.1, 0.15) is 69.4 Å². The molecule has 0 saturated heterocycles. The van der Waals surface area contributed by atoms with Crippen molar-refractivity contribution in [2.75, 3.05) is 0 Å². The van der Waals surface area contributed by atoms with Gasteiger partial charge in [0, 0.05) is 11.3 Å². The second kappa shape index (κ2) is 9.77. The molecule has 2 aromatic carbocycles. The molecule has 3 nitrogen and oxygen atoms in total. The largest absolute Gasteiger partial charge is 0.446 e. The molecule has 0 bridgehead atoms. The number of fused-ring (bicyclic) bond motifs is 1. The highest BCUT2D eigenvalue weighted by Gasteiger charge is 2.58. The third kappa shape index (κ3) is 4.13. The number of ether oxygens (including phenoxy) is 1. The van der Waals surface area contributed by atoms with E-state index in [0.717, 1.165) is 36.8 Å². The fourth-order valence-electron chi connectivity index (χ4n) is 6.14. The summed E-state index contributed by atoms with van der Waals surface area (Å²) in [5.74, 6) is 0.180. The maximum absolute atomic E-state index is 11.7. The number of carbonyl (C=O) groups is 1. The van der Waals surface area contributed by atoms with Gasteiger partial charge in [0.15, 0.2) is 0 Å². The Balaban J connectivity index is 1.81. The molecule has 3 heteroatoms. The fourth-order valence-corrected chi connectivity index (χ4v) is 6.14. The molecule has 0 heterocycles. The lowest BCUT2D eigenvalue weighted by molar-refractivity contribution is 0.0763. The molecule has 0 radical (unpaired) electrons. The molecule has 4 rings (SSSR count). The monoisotopic (exact) mass is 429 g/mol. The molecule has 2 aliphatic carbocycles. The topological polar surface area (TPSA) is 52.3 Å². The number of rotatable bonds is 9. The molecule has 0 aliphatic heterocycles. The Bertz CT molecular complexity index is 979. The normalized spacial score (nSPS) is 24.4. The van der Waals surface area contributed by atoms with Gasteiger partial charge in [-0.25, -0.2) is 4.79 Å². The van der Waals surface area contributed by atoms with Crippen molar-refractivity contribution >= 4 is 17.2 Å². The maximum atomic E-state index is 11.7. The van der Waals surface area contributed by atoms with Gasteiger partial charge < -0.3 is 10.5 Å². The number of unbranched alkanes of at least 4 members (excludes halogenated alkanes) is 3. The minimum Gasteiger partial charge on any atom is -0.446 e. The van der Waals surface area contributed by atoms with Crippen molar-refractivity contribution < 1.29 is 9.53 Å². The van der Waals surface area contributed by atoms with E-state index in [2.05, 4.69) is 68.1 Å². The molecule has 1 amide bonds. The Kier molecular flexibility index (Phi) is 6.83. The average Bonchev–Trinajstić information content (AvgIpc) is 3.32. The van der Waals surface area contributed by atoms with Crippen LogP contribution in [0.3, 0.4) is 0 Å². The van der Waals surface area contributed by atoms with Gasteiger partial charge in [-0.05, 0) is 54.4 Å². The SMILES string of the molecule is C=C(c1ccccc1)[C@@]12CC[C@@H](OC(N)=O)[C@@H]1CC(CCCCCC)=C2c1ccccc1. The fraction of sp³-hybridized carbons (Fsp3) is 0.414. The summed E-state index contributed by atoms with van der Waals surface area (Å²) in [6, 6.07) is 21.3. The lowest BCUT2D eigenvalue weighted by Crippen LogP contribution is -2.32. The van der Waals surface area contributed by atoms with Crippen molar-refractivity contribution in [3.63, 3.8) is 0 Å². The lowest BCUT2D eigenvalue weighted by Gasteiger charge is -2.37. The number of nitrogens with two attached hydrogens (primary N) is 1. The zero-order valence-corrected chi connectivity index (χ0v) is 19.2. The minimum absolute atomic E-state index is 0.167. The number of allylic oxidation sites excluding steroid dienone is 3. The summed E-state index contributed by atoms with van der Waals surface area (Å²) in [6.45, 7) is 6.92. The van der Waals surface area contributed by atoms with E-state index in [1.165, 1.54) is 42.4 Å². The van der Waals surface area contributed by atoms with Crippen LogP contribution in [0.15, 0.2) is 72.8 Å². The van der Waals surface area contributed by atoms with Crippen LogP contribution in [0.5, 0.6) is 0 Å². The Morgan fingerprint density at radius 3 is 2.41 bits per heavy atom. The van der Waals surface area contributed by atoms with Gasteiger partial charge in [-0.15, -0.1) is 0 Å². The molecular weight excluding hydrogens is 394 g/mol. The number of benzene rings is 2. The highest BCUT2D eigenvalue weighted by molar-refractivity contribution is 5.90. The van der Waals surface area contributed by atoms with Gasteiger partial charge in [0.1, 0.15) is 6.10 Å². The van der Waals surface area contributed by atoms with Gasteiger partial charge in [-0.1, -0.05) is 99.0 Å². The summed E-state index contributed by atoms with van der Waals surface area (Å²) in [5.41, 5.74) is 11.8. The van der Waals surface area contributed by atoms with Crippen LogP contribution in [-0.2, 0) is 4.74 Å². The van der Waals surface area contributed by atoms with Crippen molar-refractivity contribution in [2.24, 2.45) is 17.1 Å². The number of hydrogen-bond donors (Lipinski definition) is 1. The second-order valence-corrected chi connectivity index (χ2v) is 9.30. The van der Waals surface area contributed by atoms with Crippen LogP contribution in [0.2, 0.25) is 0 Å². The molecule has 2 aromatic rings. The van der Waals surface area contributed by atoms with Crippen LogP contribution in [-0.4, -0.2) is 12.2 Å². The quantitative estimate of drug-likeness (QED) is 0.423. The van der Waals surface area contributed by atoms with Crippen LogP contribution >= 0.6 is 0 Å². The van der Waals surface area contributed by atoms with Crippen LogP contribution in [0.4, 0.5) is 4.79 Å². The van der Waals surface area contributed by atoms with Gasteiger partial charge in [0.05, 0.1) is 0 Å². The van der Waals surface area contributed by atoms with E-state index >= 15 is 0 Å². The molecule has 1 saturated carbocycles. The molecule has 0 unspecified atom stereocenters. The standard InChI is InChI=1S/C29H35NO2/c1-3-4-5-8-17-24-20-25-26(32-28(30)31)18-19-29(25,21(2)22-13-9-6-10-14-22)27(24)23-15-11-7-12-16-23/h6-7,9-16,25-26H,2-5,8,17-20H2,1H3,(H2,30,31)/t25-,26+,29-/m0/s1. The van der Waals surface area contributed by atoms with E-state index in [0.29, 0.717) is 0 Å². The highest BCUT2D eigenvalue weighted by Crippen LogP contribution is 2.66. The van der Waals surface area contributed by atoms with Crippen molar-refractivity contribution in [1.29, 1.82) is 0 Å². The summed E-state index contributed by atoms with van der Waals surface area (Å²) >= 11 is 0. The summed E-state index contributed by atoms with van der Waals surface area (Å²) < 4.78 is 5.68. The van der Waals surface area contributed by atoms with E-state index in [9.17, 15) is 4.79 Å². The first-order valence-electron chi connectivity index (χ1n) is 12.1. The zero-order chi connectivity index (χ0) is 22.6. The van der Waals surface area contributed by atoms with Crippen molar-refractivity contribution in [1.82, 2.24) is 0 Å². The van der Waals surface area contributed by atoms with E-state index in [1.807, 2.05) is 6.07 Å². The van der Waals surface area contributed by atoms with Crippen LogP contribution in [0.25, 0.3) is 11.1 Å². The highest BCUT2D eigenvalue weighted by atomic mass is 16.6. The predicted molar refractivity (Wildman–Crippen MR) is 132 cm³/mol. The van der Waals surface area contributed by atoms with E-state index in [4.69, 9.17) is 10.5 Å². The van der Waals surface area contributed by atoms with Crippen LogP contribution < -0.4 is 5.73 Å². The summed E-state index contributed by atoms with van der Waals surface area (Å²) in [5, 5.41) is 0. The van der Waals surface area contributed by atoms with Gasteiger partial charge in [-0.3, -0.25) is 0 Å². The Labute approximate surface area is 192 Å². The Morgan fingerprint density at radius 1 is 1.06 bits per heavy atom. The third-order valence-corrected chi connectivity index (χ3v) is 7.49. The predicted octanol–water partition coefficient (Wildman–Crippen LogP) is 7.39. The van der Waals surface area contributed by atoms with Crippen molar-refractivity contribution in [3.8, 4) is 0 Å². The lowest BCUT2D eigenvalue weighted by atomic mass is 9.66. The number of amides is 1. The smallest absolute Gasteiger partial charge is 0.404 e. The summed E-state index contributed by atoms with van der Waals surface area (Å²) in [7, 11) is 0. The van der Waals surface area contributed by atoms with Gasteiger partial charge in [-0.2, -0.15) is 0 Å². The first-order chi connectivity index (χ1) is 15.6. The van der Waals surface area contributed by atoms with Gasteiger partial charge in [0.2, 0.25) is 0 Å². The van der Waals surface area contributed by atoms with Crippen LogP contribution in [0, 0.1) is 11.3 Å². The first kappa shape index (κ1) is 22.4. The van der Waals surface area contributed by atoms with Crippen molar-refractivity contribution in [3.05, 3.63) is 83.9 Å². The molecule has 0 aromatic heterocycles. The molecule has 3 atom stereocenters. The number of carbonyl (C=O) groups excluding carboxylic acids is 1. The molecule has 168 valence electrons. The van der Waals surface area contributed by atoms with Gasteiger partial charge >= 0.3 is 6.09 Å². The maximum Gasteiger partial charge on any atom is 0.404 e. The molecular formula is C29H35NO2. The molecule has 32 heavy (non-hydrogen) atoms. The first-order valence-corrected chi connectivity index (χ1v) is 12.1. The van der Waals surface area contributed by atoms with E-state index < -0.39 is 6.09 Å². The Hall–Kier alpha value is -2.81. The zero-order valence-electron chi connectivity index (χ0n) is 19.2. The number of primary amides is 1. The molecule has 1 fully saturated rings. The van der Waals surface area contributed by atoms with E-state index in [-0.39, 0.29) is 17.4 Å². The van der Waals surface area contributed by atoms with E-state index in [1.54, 1.807) is 0 Å². The second-order valence-electron chi connectivity index (χ2n) is 9.30. The minimum atomic E-state index is -0.672. The molecule has 0 spiro atoms. The third-order valence-electron chi connectivity index (χ3n) is 7.49.